The van der Waals surface area contributed by atoms with E-state index in [1.165, 1.54) is 17.0 Å². The molecule has 0 atom stereocenters. The van der Waals surface area contributed by atoms with Gasteiger partial charge in [-0.2, -0.15) is 9.73 Å². The highest BCUT2D eigenvalue weighted by molar-refractivity contribution is 5.56. The Morgan fingerprint density at radius 1 is 1.67 bits per heavy atom. The van der Waals surface area contributed by atoms with E-state index < -0.39 is 0 Å². The van der Waals surface area contributed by atoms with Crippen LogP contribution in [0.5, 0.6) is 0 Å². The summed E-state index contributed by atoms with van der Waals surface area (Å²) >= 11 is 0. The molecule has 0 saturated heterocycles. The minimum atomic E-state index is -0.291. The lowest BCUT2D eigenvalue weighted by atomic mass is 10.4. The average Bonchev–Trinajstić information content (AvgIpc) is 2.53. The van der Waals surface area contributed by atoms with Crippen LogP contribution in [0.3, 0.4) is 0 Å². The van der Waals surface area contributed by atoms with Gasteiger partial charge in [-0.1, -0.05) is 0 Å². The van der Waals surface area contributed by atoms with Gasteiger partial charge in [-0.3, -0.25) is 5.10 Å². The Morgan fingerprint density at radius 3 is 3.25 bits per heavy atom. The normalized spacial score (nSPS) is 9.92. The molecule has 0 fully saturated rings. The van der Waals surface area contributed by atoms with Crippen LogP contribution in [0.4, 0.5) is 5.69 Å². The molecule has 58 valence electrons. The van der Waals surface area contributed by atoms with Crippen LogP contribution < -0.4 is 5.43 Å². The maximum Gasteiger partial charge on any atom is 0.252 e. The largest absolute Gasteiger partial charge is 0.300 e. The molecule has 12 heavy (non-hydrogen) atoms. The molecule has 0 spiro atoms. The summed E-state index contributed by atoms with van der Waals surface area (Å²) in [5.41, 5.74) is 0.188. The van der Waals surface area contributed by atoms with Crippen molar-refractivity contribution >= 4 is 11.2 Å². The van der Waals surface area contributed by atoms with Gasteiger partial charge in [0.2, 0.25) is 5.43 Å². The van der Waals surface area contributed by atoms with Gasteiger partial charge in [-0.05, 0) is 6.07 Å². The first-order chi connectivity index (χ1) is 5.83. The molecule has 0 saturated carbocycles. The molecular weight excluding hydrogens is 156 g/mol. The Bertz CT molecular complexity index is 516. The van der Waals surface area contributed by atoms with E-state index in [1.807, 2.05) is 0 Å². The van der Waals surface area contributed by atoms with Crippen LogP contribution in [0.2, 0.25) is 0 Å². The Kier molecular flexibility index (Phi) is 1.21. The van der Waals surface area contributed by atoms with Gasteiger partial charge >= 0.3 is 0 Å². The highest BCUT2D eigenvalue weighted by Gasteiger charge is 2.03. The zero-order valence-corrected chi connectivity index (χ0v) is 5.98. The standard InChI is InChI=1S/C7H4N4O/c1-8-5-4-10-11-6(7(5)12)2-3-9-11/h2-4,10H. The summed E-state index contributed by atoms with van der Waals surface area (Å²) in [7, 11) is 0. The van der Waals surface area contributed by atoms with Crippen LogP contribution in [0, 0.1) is 6.57 Å². The van der Waals surface area contributed by atoms with Crippen molar-refractivity contribution in [1.29, 1.82) is 0 Å². The fourth-order valence-electron chi connectivity index (χ4n) is 0.980. The highest BCUT2D eigenvalue weighted by Crippen LogP contribution is 2.03. The highest BCUT2D eigenvalue weighted by atomic mass is 16.1. The van der Waals surface area contributed by atoms with Gasteiger partial charge in [-0.15, -0.1) is 0 Å². The number of nitrogens with zero attached hydrogens (tertiary/aromatic N) is 3. The number of aromatic nitrogens is 3. The fourth-order valence-corrected chi connectivity index (χ4v) is 0.980. The van der Waals surface area contributed by atoms with E-state index in [-0.39, 0.29) is 11.1 Å². The van der Waals surface area contributed by atoms with Gasteiger partial charge < -0.3 is 4.79 Å². The number of aromatic amines is 1. The molecule has 1 N–H and O–H groups in total. The Balaban J connectivity index is 3.00. The summed E-state index contributed by atoms with van der Waals surface area (Å²) in [6.07, 6.45) is 2.84. The molecular formula is C7H4N4O. The van der Waals surface area contributed by atoms with Crippen LogP contribution in [0.25, 0.3) is 10.4 Å². The first-order valence-corrected chi connectivity index (χ1v) is 3.26. The summed E-state index contributed by atoms with van der Waals surface area (Å²) in [6, 6.07) is 1.56. The summed E-state index contributed by atoms with van der Waals surface area (Å²) < 4.78 is 1.33. The molecule has 0 radical (unpaired) electrons. The molecule has 5 heteroatoms. The minimum absolute atomic E-state index is 0.0861. The third-order valence-corrected chi connectivity index (χ3v) is 1.55. The minimum Gasteiger partial charge on any atom is -0.300 e. The molecule has 0 aliphatic heterocycles. The molecule has 5 nitrogen and oxygen atoms in total. The zero-order valence-electron chi connectivity index (χ0n) is 5.98. The van der Waals surface area contributed by atoms with Gasteiger partial charge in [0.25, 0.3) is 5.69 Å². The lowest BCUT2D eigenvalue weighted by Crippen LogP contribution is -2.06. The van der Waals surface area contributed by atoms with E-state index in [2.05, 4.69) is 15.0 Å². The molecule has 0 unspecified atom stereocenters. The van der Waals surface area contributed by atoms with Gasteiger partial charge in [0, 0.05) is 6.20 Å². The number of hydrogen-bond donors (Lipinski definition) is 1. The van der Waals surface area contributed by atoms with Crippen LogP contribution >= 0.6 is 0 Å². The summed E-state index contributed by atoms with van der Waals surface area (Å²) in [5.74, 6) is 0. The van der Waals surface area contributed by atoms with Crippen molar-refractivity contribution in [2.45, 2.75) is 0 Å². The SMILES string of the molecule is [C-]#[N+]c1c[nH]n2nccc2c1=O. The third kappa shape index (κ3) is 0.720. The predicted molar refractivity (Wildman–Crippen MR) is 42.1 cm³/mol. The number of rotatable bonds is 0. The van der Waals surface area contributed by atoms with Crippen LogP contribution in [0.1, 0.15) is 0 Å². The Labute approximate surface area is 67.1 Å². The second-order valence-corrected chi connectivity index (χ2v) is 2.23. The van der Waals surface area contributed by atoms with Crippen molar-refractivity contribution in [2.24, 2.45) is 0 Å². The lowest BCUT2D eigenvalue weighted by Gasteiger charge is -1.91. The van der Waals surface area contributed by atoms with Crippen molar-refractivity contribution in [3.05, 3.63) is 40.1 Å². The second kappa shape index (κ2) is 2.20. The van der Waals surface area contributed by atoms with Crippen molar-refractivity contribution < 1.29 is 0 Å². The molecule has 2 aromatic rings. The number of hydrogen-bond acceptors (Lipinski definition) is 2. The zero-order chi connectivity index (χ0) is 8.55. The molecule has 2 heterocycles. The first-order valence-electron chi connectivity index (χ1n) is 3.26. The predicted octanol–water partition coefficient (Wildman–Crippen LogP) is 0.573. The summed E-state index contributed by atoms with van der Waals surface area (Å²) in [6.45, 7) is 6.69. The van der Waals surface area contributed by atoms with E-state index in [9.17, 15) is 4.79 Å². The number of nitrogens with one attached hydrogen (secondary N) is 1. The number of fused-ring (bicyclic) bond motifs is 1. The van der Waals surface area contributed by atoms with Crippen molar-refractivity contribution in [1.82, 2.24) is 14.8 Å². The van der Waals surface area contributed by atoms with E-state index >= 15 is 0 Å². The van der Waals surface area contributed by atoms with Crippen LogP contribution in [-0.2, 0) is 0 Å². The molecule has 0 aliphatic carbocycles. The van der Waals surface area contributed by atoms with Gasteiger partial charge in [0.05, 0.1) is 12.8 Å². The second-order valence-electron chi connectivity index (χ2n) is 2.23. The molecule has 0 aromatic carbocycles. The maximum absolute atomic E-state index is 11.3. The quantitative estimate of drug-likeness (QED) is 0.573. The van der Waals surface area contributed by atoms with Gasteiger partial charge in [0.1, 0.15) is 5.52 Å². The molecule has 2 aromatic heterocycles. The maximum atomic E-state index is 11.3. The van der Waals surface area contributed by atoms with Crippen LogP contribution in [0.15, 0.2) is 23.3 Å². The molecule has 0 amide bonds. The summed E-state index contributed by atoms with van der Waals surface area (Å²) in [4.78, 5) is 14.4. The Hall–Kier alpha value is -2.09. The molecule has 0 bridgehead atoms. The number of H-pyrrole nitrogens is 1. The molecule has 0 aliphatic rings. The smallest absolute Gasteiger partial charge is 0.252 e. The monoisotopic (exact) mass is 160 g/mol. The van der Waals surface area contributed by atoms with E-state index in [4.69, 9.17) is 6.57 Å². The molecule has 2 rings (SSSR count). The van der Waals surface area contributed by atoms with Crippen molar-refractivity contribution in [3.8, 4) is 0 Å². The lowest BCUT2D eigenvalue weighted by molar-refractivity contribution is 0.798. The average molecular weight is 160 g/mol. The summed E-state index contributed by atoms with van der Waals surface area (Å²) in [5, 5.41) is 6.50. The Morgan fingerprint density at radius 2 is 2.50 bits per heavy atom. The first kappa shape index (κ1) is 6.61. The van der Waals surface area contributed by atoms with Gasteiger partial charge in [-0.25, -0.2) is 4.85 Å². The topological polar surface area (TPSA) is 54.5 Å². The van der Waals surface area contributed by atoms with Crippen LogP contribution in [-0.4, -0.2) is 14.8 Å². The van der Waals surface area contributed by atoms with Crippen molar-refractivity contribution in [2.75, 3.05) is 0 Å². The third-order valence-electron chi connectivity index (χ3n) is 1.55. The fraction of sp³-hybridized carbons (Fsp3) is 0. The van der Waals surface area contributed by atoms with E-state index in [0.717, 1.165) is 0 Å². The van der Waals surface area contributed by atoms with Gasteiger partial charge in [0.15, 0.2) is 0 Å². The van der Waals surface area contributed by atoms with E-state index in [1.54, 1.807) is 6.07 Å². The van der Waals surface area contributed by atoms with Crippen molar-refractivity contribution in [3.63, 3.8) is 0 Å². The van der Waals surface area contributed by atoms with E-state index in [0.29, 0.717) is 5.52 Å².